The third kappa shape index (κ3) is 4.54. The summed E-state index contributed by atoms with van der Waals surface area (Å²) < 4.78 is 27.0. The zero-order valence-corrected chi connectivity index (χ0v) is 18.5. The second kappa shape index (κ2) is 8.71. The number of amides is 1. The molecule has 0 aliphatic rings. The van der Waals surface area contributed by atoms with Crippen molar-refractivity contribution in [3.05, 3.63) is 95.1 Å². The van der Waals surface area contributed by atoms with E-state index >= 15 is 0 Å². The first-order valence-corrected chi connectivity index (χ1v) is 11.1. The summed E-state index contributed by atoms with van der Waals surface area (Å²) in [5.41, 5.74) is 4.01. The molecule has 0 atom stereocenters. The van der Waals surface area contributed by atoms with E-state index in [-0.39, 0.29) is 10.8 Å². The number of hydrogen-bond donors (Lipinski definition) is 0. The lowest BCUT2D eigenvalue weighted by atomic mass is 10.1. The summed E-state index contributed by atoms with van der Waals surface area (Å²) in [5, 5.41) is 0. The van der Waals surface area contributed by atoms with Crippen molar-refractivity contribution >= 4 is 21.6 Å². The minimum Gasteiger partial charge on any atom is -0.337 e. The highest BCUT2D eigenvalue weighted by Gasteiger charge is 2.23. The van der Waals surface area contributed by atoms with Crippen molar-refractivity contribution in [1.29, 1.82) is 0 Å². The topological polar surface area (TPSA) is 57.7 Å². The van der Waals surface area contributed by atoms with Gasteiger partial charge in [0.1, 0.15) is 0 Å². The number of anilines is 1. The molecule has 0 saturated carbocycles. The molecule has 6 heteroatoms. The van der Waals surface area contributed by atoms with Crippen molar-refractivity contribution in [2.45, 2.75) is 25.3 Å². The number of carbonyl (C=O) groups excluding carboxylic acids is 1. The van der Waals surface area contributed by atoms with Crippen LogP contribution in [0.3, 0.4) is 0 Å². The van der Waals surface area contributed by atoms with E-state index in [2.05, 4.69) is 0 Å². The van der Waals surface area contributed by atoms with Crippen molar-refractivity contribution in [1.82, 2.24) is 4.90 Å². The molecule has 3 rings (SSSR count). The van der Waals surface area contributed by atoms with Gasteiger partial charge >= 0.3 is 0 Å². The first kappa shape index (κ1) is 21.6. The van der Waals surface area contributed by atoms with Crippen LogP contribution < -0.4 is 4.31 Å². The minimum absolute atomic E-state index is 0.112. The average molecular weight is 423 g/mol. The van der Waals surface area contributed by atoms with Gasteiger partial charge in [0, 0.05) is 26.2 Å². The summed E-state index contributed by atoms with van der Waals surface area (Å²) in [5.74, 6) is -0.112. The quantitative estimate of drug-likeness (QED) is 0.592. The molecule has 0 aromatic heterocycles. The van der Waals surface area contributed by atoms with Crippen LogP contribution in [0.5, 0.6) is 0 Å². The summed E-state index contributed by atoms with van der Waals surface area (Å²) in [6.45, 7) is 4.34. The van der Waals surface area contributed by atoms with Gasteiger partial charge in [0.2, 0.25) is 0 Å². The molecule has 3 aromatic carbocycles. The van der Waals surface area contributed by atoms with Crippen LogP contribution in [-0.2, 0) is 16.6 Å². The van der Waals surface area contributed by atoms with Crippen molar-refractivity contribution < 1.29 is 13.2 Å². The molecule has 0 fully saturated rings. The Balaban J connectivity index is 1.80. The van der Waals surface area contributed by atoms with Gasteiger partial charge in [0.05, 0.1) is 10.6 Å². The molecule has 0 aliphatic carbocycles. The highest BCUT2D eigenvalue weighted by Crippen LogP contribution is 2.26. The van der Waals surface area contributed by atoms with Crippen LogP contribution in [0.4, 0.5) is 5.69 Å². The molecular formula is C24H26N2O3S. The highest BCUT2D eigenvalue weighted by atomic mass is 32.2. The summed E-state index contributed by atoms with van der Waals surface area (Å²) in [4.78, 5) is 14.7. The number of nitrogens with zero attached hydrogens (tertiary/aromatic N) is 2. The standard InChI is InChI=1S/C24H26N2O3S/c1-18-10-12-20(13-11-18)17-25(3)24(27)21-14-15-23(19(2)16-21)26(4)30(28,29)22-8-6-5-7-9-22/h5-16H,17H2,1-4H3. The summed E-state index contributed by atoms with van der Waals surface area (Å²) in [6, 6.07) is 21.5. The molecule has 30 heavy (non-hydrogen) atoms. The summed E-state index contributed by atoms with van der Waals surface area (Å²) in [7, 11) is -0.385. The second-order valence-corrected chi connectivity index (χ2v) is 9.40. The van der Waals surface area contributed by atoms with E-state index in [9.17, 15) is 13.2 Å². The van der Waals surface area contributed by atoms with Gasteiger partial charge in [-0.2, -0.15) is 0 Å². The fraction of sp³-hybridized carbons (Fsp3) is 0.208. The lowest BCUT2D eigenvalue weighted by Gasteiger charge is -2.23. The van der Waals surface area contributed by atoms with Crippen LogP contribution in [0.1, 0.15) is 27.0 Å². The average Bonchev–Trinajstić information content (AvgIpc) is 2.74. The van der Waals surface area contributed by atoms with Gasteiger partial charge in [-0.25, -0.2) is 8.42 Å². The number of carbonyl (C=O) groups is 1. The van der Waals surface area contributed by atoms with Crippen molar-refractivity contribution in [3.8, 4) is 0 Å². The van der Waals surface area contributed by atoms with E-state index in [0.29, 0.717) is 23.4 Å². The number of hydrogen-bond acceptors (Lipinski definition) is 3. The van der Waals surface area contributed by atoms with Crippen LogP contribution in [0, 0.1) is 13.8 Å². The van der Waals surface area contributed by atoms with Crippen LogP contribution in [-0.4, -0.2) is 33.3 Å². The largest absolute Gasteiger partial charge is 0.337 e. The van der Waals surface area contributed by atoms with E-state index < -0.39 is 10.0 Å². The number of aryl methyl sites for hydroxylation is 2. The van der Waals surface area contributed by atoms with Gasteiger partial charge < -0.3 is 4.90 Å². The lowest BCUT2D eigenvalue weighted by molar-refractivity contribution is 0.0785. The molecule has 0 radical (unpaired) electrons. The maximum absolute atomic E-state index is 12.9. The summed E-state index contributed by atoms with van der Waals surface area (Å²) in [6.07, 6.45) is 0. The Labute approximate surface area is 178 Å². The molecular weight excluding hydrogens is 396 g/mol. The van der Waals surface area contributed by atoms with E-state index in [0.717, 1.165) is 5.56 Å². The van der Waals surface area contributed by atoms with E-state index in [1.165, 1.54) is 16.9 Å². The minimum atomic E-state index is -3.67. The van der Waals surface area contributed by atoms with Crippen molar-refractivity contribution in [3.63, 3.8) is 0 Å². The third-order valence-corrected chi connectivity index (χ3v) is 6.86. The van der Waals surface area contributed by atoms with Gasteiger partial charge in [-0.1, -0.05) is 48.0 Å². The third-order valence-electron chi connectivity index (χ3n) is 5.07. The molecule has 0 aliphatic heterocycles. The highest BCUT2D eigenvalue weighted by molar-refractivity contribution is 7.92. The zero-order valence-electron chi connectivity index (χ0n) is 17.7. The van der Waals surface area contributed by atoms with Crippen LogP contribution >= 0.6 is 0 Å². The van der Waals surface area contributed by atoms with Crippen molar-refractivity contribution in [2.24, 2.45) is 0 Å². The number of sulfonamides is 1. The first-order valence-electron chi connectivity index (χ1n) is 9.66. The van der Waals surface area contributed by atoms with Crippen LogP contribution in [0.2, 0.25) is 0 Å². The van der Waals surface area contributed by atoms with E-state index in [1.54, 1.807) is 60.5 Å². The number of benzene rings is 3. The molecule has 0 bridgehead atoms. The molecule has 0 spiro atoms. The molecule has 0 heterocycles. The second-order valence-electron chi connectivity index (χ2n) is 7.43. The van der Waals surface area contributed by atoms with Crippen LogP contribution in [0.15, 0.2) is 77.7 Å². The van der Waals surface area contributed by atoms with Gasteiger partial charge in [-0.3, -0.25) is 9.10 Å². The Hall–Kier alpha value is -3.12. The zero-order chi connectivity index (χ0) is 21.9. The Morgan fingerprint density at radius 3 is 2.10 bits per heavy atom. The molecule has 0 unspecified atom stereocenters. The maximum Gasteiger partial charge on any atom is 0.264 e. The van der Waals surface area contributed by atoms with Crippen LogP contribution in [0.25, 0.3) is 0 Å². The van der Waals surface area contributed by atoms with Gasteiger partial charge in [0.25, 0.3) is 15.9 Å². The molecule has 0 saturated heterocycles. The van der Waals surface area contributed by atoms with E-state index in [4.69, 9.17) is 0 Å². The Morgan fingerprint density at radius 1 is 0.867 bits per heavy atom. The Morgan fingerprint density at radius 2 is 1.50 bits per heavy atom. The smallest absolute Gasteiger partial charge is 0.264 e. The Bertz CT molecular complexity index is 1140. The molecule has 3 aromatic rings. The predicted octanol–water partition coefficient (Wildman–Crippen LogP) is 4.40. The first-order chi connectivity index (χ1) is 14.2. The molecule has 156 valence electrons. The van der Waals surface area contributed by atoms with Crippen molar-refractivity contribution in [2.75, 3.05) is 18.4 Å². The lowest BCUT2D eigenvalue weighted by Crippen LogP contribution is -2.28. The summed E-state index contributed by atoms with van der Waals surface area (Å²) >= 11 is 0. The fourth-order valence-electron chi connectivity index (χ4n) is 3.28. The normalized spacial score (nSPS) is 11.2. The van der Waals surface area contributed by atoms with Gasteiger partial charge in [-0.15, -0.1) is 0 Å². The Kier molecular flexibility index (Phi) is 6.27. The van der Waals surface area contributed by atoms with Gasteiger partial charge in [-0.05, 0) is 55.3 Å². The maximum atomic E-state index is 12.9. The SMILES string of the molecule is Cc1ccc(CN(C)C(=O)c2ccc(N(C)S(=O)(=O)c3ccccc3)c(C)c2)cc1. The monoisotopic (exact) mass is 422 g/mol. The van der Waals surface area contributed by atoms with E-state index in [1.807, 2.05) is 38.1 Å². The molecule has 0 N–H and O–H groups in total. The number of rotatable bonds is 6. The molecule has 1 amide bonds. The van der Waals surface area contributed by atoms with Gasteiger partial charge in [0.15, 0.2) is 0 Å². The predicted molar refractivity (Wildman–Crippen MR) is 120 cm³/mol. The molecule has 5 nitrogen and oxygen atoms in total. The fourth-order valence-corrected chi connectivity index (χ4v) is 4.56.